The molecule has 0 aromatic carbocycles. The number of hydrogen-bond acceptors (Lipinski definition) is 2. The Kier molecular flexibility index (Phi) is 5.72. The van der Waals surface area contributed by atoms with Crippen molar-refractivity contribution in [2.75, 3.05) is 0 Å². The Morgan fingerprint density at radius 3 is 2.19 bits per heavy atom. The summed E-state index contributed by atoms with van der Waals surface area (Å²) in [5.41, 5.74) is 9.88. The highest BCUT2D eigenvalue weighted by Gasteiger charge is 2.41. The quantitative estimate of drug-likeness (QED) is 0.549. The molecule has 2 saturated carbocycles. The first kappa shape index (κ1) is 18.9. The van der Waals surface area contributed by atoms with Crippen LogP contribution in [0.25, 0.3) is 0 Å². The van der Waals surface area contributed by atoms with E-state index in [0.717, 1.165) is 30.1 Å². The molecule has 26 heavy (non-hydrogen) atoms. The molecule has 2 N–H and O–H groups in total. The van der Waals surface area contributed by atoms with Gasteiger partial charge in [-0.1, -0.05) is 57.8 Å². The van der Waals surface area contributed by atoms with Crippen molar-refractivity contribution in [1.29, 1.82) is 0 Å². The van der Waals surface area contributed by atoms with E-state index in [1.165, 1.54) is 61.8 Å². The Morgan fingerprint density at radius 1 is 0.923 bits per heavy atom. The lowest BCUT2D eigenvalue weighted by atomic mass is 9.62. The predicted octanol–water partition coefficient (Wildman–Crippen LogP) is 6.28. The van der Waals surface area contributed by atoms with Gasteiger partial charge >= 0.3 is 0 Å². The molecule has 0 bridgehead atoms. The van der Waals surface area contributed by atoms with E-state index in [1.54, 1.807) is 5.57 Å². The van der Waals surface area contributed by atoms with E-state index in [0.29, 0.717) is 11.8 Å². The maximum atomic E-state index is 6.74. The molecule has 0 radical (unpaired) electrons. The van der Waals surface area contributed by atoms with Gasteiger partial charge in [-0.2, -0.15) is 0 Å². The summed E-state index contributed by atoms with van der Waals surface area (Å²) in [5, 5.41) is 0. The van der Waals surface area contributed by atoms with Gasteiger partial charge in [-0.3, -0.25) is 0 Å². The van der Waals surface area contributed by atoms with Gasteiger partial charge < -0.3 is 5.73 Å². The molecule has 0 aromatic rings. The standard InChI is InChI=1S/C24H37NS/c1-15-3-7-17(8-4-15)19-11-12-20(18-9-5-16(2)6-10-18)24-22(26)14-13-21(25)23(19)24/h11-12,14-19,21,23,26H,3-10,13,25H2,1-2H3. The molecule has 0 amide bonds. The molecule has 2 fully saturated rings. The molecule has 4 aliphatic carbocycles. The van der Waals surface area contributed by atoms with Crippen molar-refractivity contribution in [1.82, 2.24) is 0 Å². The van der Waals surface area contributed by atoms with Gasteiger partial charge in [-0.25, -0.2) is 0 Å². The van der Waals surface area contributed by atoms with Crippen molar-refractivity contribution in [3.05, 3.63) is 34.3 Å². The Bertz CT molecular complexity index is 600. The van der Waals surface area contributed by atoms with Crippen molar-refractivity contribution >= 4 is 12.6 Å². The van der Waals surface area contributed by atoms with Crippen LogP contribution < -0.4 is 5.73 Å². The molecule has 0 saturated heterocycles. The predicted molar refractivity (Wildman–Crippen MR) is 115 cm³/mol. The fourth-order valence-corrected chi connectivity index (χ4v) is 6.56. The van der Waals surface area contributed by atoms with Crippen molar-refractivity contribution in [3.63, 3.8) is 0 Å². The summed E-state index contributed by atoms with van der Waals surface area (Å²) in [6.45, 7) is 4.83. The second-order valence-corrected chi connectivity index (χ2v) is 10.3. The van der Waals surface area contributed by atoms with Gasteiger partial charge in [-0.05, 0) is 72.8 Å². The third-order valence-electron chi connectivity index (χ3n) is 7.94. The highest BCUT2D eigenvalue weighted by atomic mass is 32.1. The molecule has 3 unspecified atom stereocenters. The number of allylic oxidation sites excluding steroid dienone is 4. The van der Waals surface area contributed by atoms with Crippen LogP contribution in [-0.2, 0) is 0 Å². The first-order valence-corrected chi connectivity index (χ1v) is 11.6. The van der Waals surface area contributed by atoms with Crippen LogP contribution in [0.3, 0.4) is 0 Å². The summed E-state index contributed by atoms with van der Waals surface area (Å²) in [6, 6.07) is 0.271. The summed E-state index contributed by atoms with van der Waals surface area (Å²) < 4.78 is 0. The van der Waals surface area contributed by atoms with Crippen molar-refractivity contribution in [2.24, 2.45) is 41.2 Å². The van der Waals surface area contributed by atoms with Crippen LogP contribution in [0.2, 0.25) is 0 Å². The van der Waals surface area contributed by atoms with Gasteiger partial charge in [0.05, 0.1) is 0 Å². The van der Waals surface area contributed by atoms with Gasteiger partial charge in [0.15, 0.2) is 0 Å². The number of nitrogens with two attached hydrogens (primary N) is 1. The van der Waals surface area contributed by atoms with Gasteiger partial charge in [-0.15, -0.1) is 12.6 Å². The lowest BCUT2D eigenvalue weighted by Gasteiger charge is -2.45. The zero-order valence-electron chi connectivity index (χ0n) is 16.7. The van der Waals surface area contributed by atoms with Crippen LogP contribution in [0.5, 0.6) is 0 Å². The first-order chi connectivity index (χ1) is 12.5. The molecule has 4 aliphatic rings. The van der Waals surface area contributed by atoms with Crippen LogP contribution >= 0.6 is 12.6 Å². The number of fused-ring (bicyclic) bond motifs is 1. The summed E-state index contributed by atoms with van der Waals surface area (Å²) in [7, 11) is 0. The van der Waals surface area contributed by atoms with Crippen LogP contribution in [0.4, 0.5) is 0 Å². The SMILES string of the molecule is CC1CCC(C2=C3C(S)=CCC(N)C3C(C3CCC(C)CC3)C=C2)CC1. The summed E-state index contributed by atoms with van der Waals surface area (Å²) in [6.07, 6.45) is 19.4. The zero-order valence-corrected chi connectivity index (χ0v) is 17.6. The fraction of sp³-hybridized carbons (Fsp3) is 0.750. The Morgan fingerprint density at radius 2 is 1.54 bits per heavy atom. The summed E-state index contributed by atoms with van der Waals surface area (Å²) in [4.78, 5) is 1.24. The highest BCUT2D eigenvalue weighted by molar-refractivity contribution is 7.84. The van der Waals surface area contributed by atoms with E-state index in [9.17, 15) is 0 Å². The van der Waals surface area contributed by atoms with Gasteiger partial charge in [0.1, 0.15) is 0 Å². The maximum Gasteiger partial charge on any atom is 0.0149 e. The first-order valence-electron chi connectivity index (χ1n) is 11.1. The molecule has 0 aromatic heterocycles. The van der Waals surface area contributed by atoms with Gasteiger partial charge in [0, 0.05) is 16.9 Å². The van der Waals surface area contributed by atoms with Gasteiger partial charge in [0.25, 0.3) is 0 Å². The molecule has 144 valence electrons. The maximum absolute atomic E-state index is 6.74. The van der Waals surface area contributed by atoms with Crippen LogP contribution in [0, 0.1) is 35.5 Å². The Hall–Kier alpha value is -0.470. The van der Waals surface area contributed by atoms with E-state index in [1.807, 2.05) is 0 Å². The van der Waals surface area contributed by atoms with Crippen molar-refractivity contribution in [2.45, 2.75) is 77.7 Å². The topological polar surface area (TPSA) is 26.0 Å². The summed E-state index contributed by atoms with van der Waals surface area (Å²) >= 11 is 4.95. The smallest absolute Gasteiger partial charge is 0.0149 e. The minimum absolute atomic E-state index is 0.271. The number of thiol groups is 1. The monoisotopic (exact) mass is 371 g/mol. The minimum Gasteiger partial charge on any atom is -0.327 e. The van der Waals surface area contributed by atoms with Crippen molar-refractivity contribution in [3.8, 4) is 0 Å². The summed E-state index contributed by atoms with van der Waals surface area (Å²) in [5.74, 6) is 4.50. The second kappa shape index (κ2) is 7.87. The fourth-order valence-electron chi connectivity index (χ4n) is 6.18. The van der Waals surface area contributed by atoms with E-state index in [-0.39, 0.29) is 6.04 Å². The molecule has 3 atom stereocenters. The number of hydrogen-bond donors (Lipinski definition) is 2. The van der Waals surface area contributed by atoms with Crippen LogP contribution in [0.1, 0.15) is 71.6 Å². The third kappa shape index (κ3) is 3.61. The minimum atomic E-state index is 0.271. The lowest BCUT2D eigenvalue weighted by Crippen LogP contribution is -2.43. The zero-order chi connectivity index (χ0) is 18.3. The van der Waals surface area contributed by atoms with E-state index >= 15 is 0 Å². The van der Waals surface area contributed by atoms with E-state index in [2.05, 4.69) is 32.1 Å². The van der Waals surface area contributed by atoms with Gasteiger partial charge in [0.2, 0.25) is 0 Å². The molecule has 1 nitrogen and oxygen atoms in total. The van der Waals surface area contributed by atoms with E-state index in [4.69, 9.17) is 18.4 Å². The average Bonchev–Trinajstić information content (AvgIpc) is 2.65. The molecular weight excluding hydrogens is 334 g/mol. The lowest BCUT2D eigenvalue weighted by molar-refractivity contribution is 0.187. The molecule has 0 aliphatic heterocycles. The molecular formula is C24H37NS. The highest BCUT2D eigenvalue weighted by Crippen LogP contribution is 2.50. The normalized spacial score (nSPS) is 43.8. The van der Waals surface area contributed by atoms with Crippen LogP contribution in [0.15, 0.2) is 34.3 Å². The largest absolute Gasteiger partial charge is 0.327 e. The van der Waals surface area contributed by atoms with Crippen molar-refractivity contribution < 1.29 is 0 Å². The van der Waals surface area contributed by atoms with Crippen LogP contribution in [-0.4, -0.2) is 6.04 Å². The number of rotatable bonds is 2. The third-order valence-corrected chi connectivity index (χ3v) is 8.36. The molecule has 0 heterocycles. The van der Waals surface area contributed by atoms with E-state index < -0.39 is 0 Å². The Balaban J connectivity index is 1.64. The second-order valence-electron chi connectivity index (χ2n) is 9.80. The molecule has 4 rings (SSSR count). The molecule has 2 heteroatoms. The molecule has 0 spiro atoms. The average molecular weight is 372 g/mol. The Labute approximate surface area is 166 Å².